The average Bonchev–Trinajstić information content (AvgIpc) is 3.36. The Morgan fingerprint density at radius 2 is 1.98 bits per heavy atom. The molecule has 44 heavy (non-hydrogen) atoms. The maximum absolute atomic E-state index is 13.6. The number of nitrogens with zero attached hydrogens (tertiary/aromatic N) is 5. The highest BCUT2D eigenvalue weighted by Crippen LogP contribution is 2.43. The highest BCUT2D eigenvalue weighted by molar-refractivity contribution is 6.30. The van der Waals surface area contributed by atoms with Crippen molar-refractivity contribution >= 4 is 35.7 Å². The van der Waals surface area contributed by atoms with Crippen LogP contribution in [0.2, 0.25) is 5.02 Å². The van der Waals surface area contributed by atoms with Gasteiger partial charge in [-0.25, -0.2) is 19.3 Å². The molecule has 2 aromatic heterocycles. The molecule has 3 heterocycles. The van der Waals surface area contributed by atoms with Gasteiger partial charge in [0.1, 0.15) is 11.1 Å². The second-order valence-electron chi connectivity index (χ2n) is 9.29. The summed E-state index contributed by atoms with van der Waals surface area (Å²) >= 11 is 6.17. The lowest BCUT2D eigenvalue weighted by Gasteiger charge is -2.36. The van der Waals surface area contributed by atoms with Crippen LogP contribution in [0.25, 0.3) is 0 Å². The third-order valence-corrected chi connectivity index (χ3v) is 6.94. The van der Waals surface area contributed by atoms with E-state index in [1.54, 1.807) is 47.3 Å². The number of nitrogens with one attached hydrogen (secondary N) is 1. The number of hydrogen-bond acceptors (Lipinski definition) is 8. The van der Waals surface area contributed by atoms with Crippen LogP contribution in [0.15, 0.2) is 83.1 Å². The highest BCUT2D eigenvalue weighted by atomic mass is 35.5. The van der Waals surface area contributed by atoms with Gasteiger partial charge in [-0.2, -0.15) is 23.0 Å². The zero-order chi connectivity index (χ0) is 32.2. The Balaban J connectivity index is 0.00000141. The van der Waals surface area contributed by atoms with Crippen LogP contribution in [0.5, 0.6) is 0 Å². The molecule has 0 amide bonds. The van der Waals surface area contributed by atoms with Gasteiger partial charge < -0.3 is 14.6 Å². The lowest BCUT2D eigenvalue weighted by molar-refractivity contribution is -0.688. The number of ether oxygens (including phenoxy) is 1. The van der Waals surface area contributed by atoms with E-state index < -0.39 is 35.9 Å². The van der Waals surface area contributed by atoms with E-state index in [9.17, 15) is 28.0 Å². The van der Waals surface area contributed by atoms with Gasteiger partial charge in [0.05, 0.1) is 29.9 Å². The number of aromatic nitrogens is 4. The maximum atomic E-state index is 13.6. The second-order valence-corrected chi connectivity index (χ2v) is 9.73. The number of rotatable bonds is 5. The molecular weight excluding hydrogens is 605 g/mol. The molecule has 0 saturated carbocycles. The first-order valence-electron chi connectivity index (χ1n) is 12.6. The number of carbonyl (C=O) groups excluding carboxylic acids is 2. The predicted molar refractivity (Wildman–Crippen MR) is 147 cm³/mol. The Morgan fingerprint density at radius 3 is 2.61 bits per heavy atom. The van der Waals surface area contributed by atoms with Crippen molar-refractivity contribution in [3.05, 3.63) is 116 Å². The van der Waals surface area contributed by atoms with Crippen molar-refractivity contribution in [2.24, 2.45) is 0 Å². The number of aromatic amines is 1. The number of esters is 1. The molecule has 15 heteroatoms. The van der Waals surface area contributed by atoms with Gasteiger partial charge in [-0.05, 0) is 48.9 Å². The molecule has 4 aromatic rings. The first-order valence-corrected chi connectivity index (χ1v) is 13.0. The standard InChI is InChI=1S/C28H20ClF3N6O3.CH2O2/c1-16-23(25(39)41-2)24(22-9-8-17(13-33)11-18(22)14-36-10-4-6-20(29)15-36)38-26(34-35-27(38)40)37(16)21-7-3-5-19(12-21)28(30,31)32;2-1-3/h3-12,15,24H,14H2,1-2H3;1H,(H,2,3)/t24-;/m1./s1. The van der Waals surface area contributed by atoms with Crippen LogP contribution in [-0.2, 0) is 27.0 Å². The number of alkyl halides is 3. The number of methoxy groups -OCH3 is 1. The molecule has 0 unspecified atom stereocenters. The third-order valence-electron chi connectivity index (χ3n) is 6.72. The van der Waals surface area contributed by atoms with E-state index in [1.165, 1.54) is 35.6 Å². The van der Waals surface area contributed by atoms with Crippen LogP contribution in [0.4, 0.5) is 24.8 Å². The maximum Gasteiger partial charge on any atom is 0.416 e. The van der Waals surface area contributed by atoms with Crippen molar-refractivity contribution < 1.29 is 37.2 Å². The van der Waals surface area contributed by atoms with E-state index in [1.807, 2.05) is 0 Å². The van der Waals surface area contributed by atoms with Crippen molar-refractivity contribution in [1.82, 2.24) is 14.8 Å². The molecule has 1 atom stereocenters. The van der Waals surface area contributed by atoms with Gasteiger partial charge in [0.15, 0.2) is 18.9 Å². The van der Waals surface area contributed by atoms with Gasteiger partial charge in [-0.1, -0.05) is 23.7 Å². The summed E-state index contributed by atoms with van der Waals surface area (Å²) in [5.74, 6) is -0.829. The van der Waals surface area contributed by atoms with E-state index in [0.29, 0.717) is 21.7 Å². The largest absolute Gasteiger partial charge is 0.554 e. The SMILES string of the molecule is COC(=O)C1=C(C)N(c2cccc(C(F)(F)F)c2)c2n[nH]c(=O)n2[C@@H]1c1ccc(C#N)cc1C[n+]1cccc(Cl)c1.O=C[O-]. The van der Waals surface area contributed by atoms with Crippen molar-refractivity contribution in [2.45, 2.75) is 25.7 Å². The number of pyridine rings is 1. The van der Waals surface area contributed by atoms with E-state index in [2.05, 4.69) is 16.3 Å². The van der Waals surface area contributed by atoms with Crippen molar-refractivity contribution in [2.75, 3.05) is 12.0 Å². The number of H-pyrrole nitrogens is 1. The third kappa shape index (κ3) is 6.18. The number of hydrogen-bond donors (Lipinski definition) is 1. The minimum atomic E-state index is -4.63. The molecule has 1 N–H and O–H groups in total. The Kier molecular flexibility index (Phi) is 9.20. The number of nitriles is 1. The second kappa shape index (κ2) is 12.8. The number of carboxylic acid groups (broad SMARTS) is 1. The van der Waals surface area contributed by atoms with E-state index in [0.717, 1.165) is 12.1 Å². The number of allylic oxidation sites excluding steroid dienone is 1. The van der Waals surface area contributed by atoms with Crippen LogP contribution in [-0.4, -0.2) is 34.3 Å². The molecule has 0 aliphatic carbocycles. The van der Waals surface area contributed by atoms with Gasteiger partial charge in [0.2, 0.25) is 5.95 Å². The smallest absolute Gasteiger partial charge is 0.416 e. The summed E-state index contributed by atoms with van der Waals surface area (Å²) in [6.45, 7) is 1.26. The van der Waals surface area contributed by atoms with E-state index in [4.69, 9.17) is 26.2 Å². The predicted octanol–water partition coefficient (Wildman–Crippen LogP) is 3.01. The molecule has 5 rings (SSSR count). The summed E-state index contributed by atoms with van der Waals surface area (Å²) in [7, 11) is 1.17. The highest BCUT2D eigenvalue weighted by Gasteiger charge is 2.41. The van der Waals surface area contributed by atoms with Crippen LogP contribution >= 0.6 is 11.6 Å². The number of fused-ring (bicyclic) bond motifs is 1. The number of benzene rings is 2. The molecule has 0 fully saturated rings. The number of carbonyl (C=O) groups is 2. The number of halogens is 4. The van der Waals surface area contributed by atoms with Crippen molar-refractivity contribution in [3.63, 3.8) is 0 Å². The van der Waals surface area contributed by atoms with Gasteiger partial charge >= 0.3 is 17.8 Å². The molecule has 2 aromatic carbocycles. The molecule has 0 radical (unpaired) electrons. The summed E-state index contributed by atoms with van der Waals surface area (Å²) in [6.07, 6.45) is -1.18. The average molecular weight is 627 g/mol. The van der Waals surface area contributed by atoms with Crippen LogP contribution in [0, 0.1) is 11.3 Å². The fourth-order valence-electron chi connectivity index (χ4n) is 4.94. The van der Waals surface area contributed by atoms with E-state index in [-0.39, 0.29) is 29.5 Å². The Morgan fingerprint density at radius 1 is 1.25 bits per heavy atom. The molecule has 0 spiro atoms. The van der Waals surface area contributed by atoms with Crippen LogP contribution in [0.3, 0.4) is 0 Å². The van der Waals surface area contributed by atoms with Crippen LogP contribution in [0.1, 0.15) is 35.2 Å². The molecule has 0 saturated heterocycles. The molecule has 0 bridgehead atoms. The summed E-state index contributed by atoms with van der Waals surface area (Å²) in [6, 6.07) is 13.7. The molecule has 226 valence electrons. The molecule has 1 aliphatic heterocycles. The zero-order valence-corrected chi connectivity index (χ0v) is 23.8. The lowest BCUT2D eigenvalue weighted by Crippen LogP contribution is -2.39. The Bertz CT molecular complexity index is 1860. The summed E-state index contributed by atoms with van der Waals surface area (Å²) in [4.78, 5) is 36.1. The fourth-order valence-corrected chi connectivity index (χ4v) is 5.14. The molecule has 1 aliphatic rings. The first kappa shape index (κ1) is 31.5. The van der Waals surface area contributed by atoms with Gasteiger partial charge in [0.25, 0.3) is 0 Å². The van der Waals surface area contributed by atoms with Gasteiger partial charge in [-0.3, -0.25) is 4.90 Å². The number of anilines is 2. The van der Waals surface area contributed by atoms with Crippen LogP contribution < -0.4 is 20.3 Å². The Labute approximate surface area is 252 Å². The van der Waals surface area contributed by atoms with Crippen molar-refractivity contribution in [3.8, 4) is 6.07 Å². The molecule has 11 nitrogen and oxygen atoms in total. The summed E-state index contributed by atoms with van der Waals surface area (Å²) in [5.41, 5.74) is 0.0245. The van der Waals surface area contributed by atoms with Gasteiger partial charge in [0, 0.05) is 29.5 Å². The lowest BCUT2D eigenvalue weighted by atomic mass is 9.90. The van der Waals surface area contributed by atoms with Crippen molar-refractivity contribution in [1.29, 1.82) is 5.26 Å². The summed E-state index contributed by atoms with van der Waals surface area (Å²) in [5, 5.41) is 24.8. The van der Waals surface area contributed by atoms with E-state index >= 15 is 0 Å². The Hall–Kier alpha value is -5.42. The normalized spacial score (nSPS) is 14.2. The van der Waals surface area contributed by atoms with Gasteiger partial charge in [-0.15, -0.1) is 5.10 Å². The minimum absolute atomic E-state index is 0.00274. The first-order chi connectivity index (χ1) is 20.9. The molecular formula is C29H22ClF3N6O5. The quantitative estimate of drug-likeness (QED) is 0.202. The topological polar surface area (TPSA) is 148 Å². The minimum Gasteiger partial charge on any atom is -0.554 e. The fraction of sp³-hybridized carbons (Fsp3) is 0.172. The monoisotopic (exact) mass is 626 g/mol. The zero-order valence-electron chi connectivity index (χ0n) is 23.0. The summed E-state index contributed by atoms with van der Waals surface area (Å²) < 4.78 is 48.8.